The van der Waals surface area contributed by atoms with Gasteiger partial charge in [-0.25, -0.2) is 0 Å². The average molecular weight is 512 g/mol. The van der Waals surface area contributed by atoms with E-state index < -0.39 is 23.5 Å². The van der Waals surface area contributed by atoms with Crippen LogP contribution in [0, 0.1) is 0 Å². The van der Waals surface area contributed by atoms with E-state index >= 15 is 0 Å². The number of ether oxygens (including phenoxy) is 1. The molecule has 0 spiro atoms. The van der Waals surface area contributed by atoms with E-state index in [0.717, 1.165) is 0 Å². The lowest BCUT2D eigenvalue weighted by Gasteiger charge is -2.25. The summed E-state index contributed by atoms with van der Waals surface area (Å²) in [6.45, 7) is 1.38. The zero-order valence-electron chi connectivity index (χ0n) is 18.6. The maximum atomic E-state index is 13.3. The quantitative estimate of drug-likeness (QED) is 0.284. The first-order valence-electron chi connectivity index (χ1n) is 10.4. The molecule has 178 valence electrons. The predicted molar refractivity (Wildman–Crippen MR) is 133 cm³/mol. The number of aromatic nitrogens is 1. The molecule has 0 aliphatic carbocycles. The Balaban J connectivity index is 1.92. The van der Waals surface area contributed by atoms with E-state index in [1.807, 2.05) is 0 Å². The van der Waals surface area contributed by atoms with Crippen LogP contribution in [0.4, 0.5) is 11.4 Å². The topological polar surface area (TPSA) is 109 Å². The molecule has 1 fully saturated rings. The number of methoxy groups -OCH3 is 1. The van der Waals surface area contributed by atoms with Crippen molar-refractivity contribution in [1.29, 1.82) is 0 Å². The first kappa shape index (κ1) is 24.3. The Morgan fingerprint density at radius 2 is 1.83 bits per heavy atom. The normalized spacial score (nSPS) is 16.9. The fraction of sp³-hybridized carbons (Fsp3) is 0.120. The second-order valence-corrected chi connectivity index (χ2v) is 8.46. The van der Waals surface area contributed by atoms with Gasteiger partial charge in [-0.1, -0.05) is 29.3 Å². The lowest BCUT2D eigenvalue weighted by atomic mass is 9.97. The molecule has 2 aromatic carbocycles. The highest BCUT2D eigenvalue weighted by Gasteiger charge is 2.48. The van der Waals surface area contributed by atoms with Crippen LogP contribution in [0.5, 0.6) is 5.75 Å². The van der Waals surface area contributed by atoms with Crippen LogP contribution in [-0.4, -0.2) is 34.8 Å². The lowest BCUT2D eigenvalue weighted by Crippen LogP contribution is -2.29. The summed E-state index contributed by atoms with van der Waals surface area (Å²) in [5.41, 5.74) is 1.10. The van der Waals surface area contributed by atoms with Crippen molar-refractivity contribution in [3.05, 3.63) is 87.7 Å². The van der Waals surface area contributed by atoms with Gasteiger partial charge in [-0.05, 0) is 48.5 Å². The fourth-order valence-electron chi connectivity index (χ4n) is 3.91. The van der Waals surface area contributed by atoms with Crippen LogP contribution in [0.25, 0.3) is 5.76 Å². The Morgan fingerprint density at radius 1 is 1.11 bits per heavy atom. The summed E-state index contributed by atoms with van der Waals surface area (Å²) in [5.74, 6) is -2.43. The Labute approximate surface area is 210 Å². The smallest absolute Gasteiger partial charge is 0.300 e. The van der Waals surface area contributed by atoms with E-state index in [9.17, 15) is 19.5 Å². The summed E-state index contributed by atoms with van der Waals surface area (Å²) in [6, 6.07) is 13.2. The van der Waals surface area contributed by atoms with Gasteiger partial charge in [0, 0.05) is 29.5 Å². The van der Waals surface area contributed by atoms with Gasteiger partial charge in [0.05, 0.1) is 29.0 Å². The van der Waals surface area contributed by atoms with Gasteiger partial charge in [0.1, 0.15) is 17.6 Å². The number of benzene rings is 2. The van der Waals surface area contributed by atoms with E-state index in [-0.39, 0.29) is 32.8 Å². The van der Waals surface area contributed by atoms with Gasteiger partial charge >= 0.3 is 0 Å². The zero-order valence-corrected chi connectivity index (χ0v) is 20.1. The lowest BCUT2D eigenvalue weighted by molar-refractivity contribution is -0.132. The van der Waals surface area contributed by atoms with Crippen LogP contribution >= 0.6 is 23.2 Å². The molecule has 35 heavy (non-hydrogen) atoms. The molecule has 0 saturated carbocycles. The number of aliphatic hydroxyl groups is 1. The molecule has 1 unspecified atom stereocenters. The first-order chi connectivity index (χ1) is 16.7. The van der Waals surface area contributed by atoms with Gasteiger partial charge in [0.25, 0.3) is 11.7 Å². The van der Waals surface area contributed by atoms with E-state index in [1.165, 1.54) is 37.3 Å². The van der Waals surface area contributed by atoms with Crippen LogP contribution in [0.15, 0.2) is 66.4 Å². The molecule has 1 aliphatic rings. The molecule has 2 N–H and O–H groups in total. The minimum atomic E-state index is -1.05. The molecule has 8 nitrogen and oxygen atoms in total. The van der Waals surface area contributed by atoms with Crippen molar-refractivity contribution < 1.29 is 24.2 Å². The largest absolute Gasteiger partial charge is 0.507 e. The van der Waals surface area contributed by atoms with Crippen molar-refractivity contribution in [2.24, 2.45) is 0 Å². The number of aliphatic hydroxyl groups excluding tert-OH is 1. The number of carbonyl (C=O) groups excluding carboxylic acids is 3. The number of nitrogens with one attached hydrogen (secondary N) is 1. The third kappa shape index (κ3) is 4.58. The minimum absolute atomic E-state index is 0.0601. The number of carbonyl (C=O) groups is 3. The fourth-order valence-corrected chi connectivity index (χ4v) is 4.48. The van der Waals surface area contributed by atoms with Crippen molar-refractivity contribution in [3.63, 3.8) is 0 Å². The summed E-state index contributed by atoms with van der Waals surface area (Å²) in [7, 11) is 1.36. The molecule has 2 amide bonds. The number of pyridine rings is 1. The van der Waals surface area contributed by atoms with Crippen LogP contribution < -0.4 is 15.0 Å². The number of amides is 2. The highest BCUT2D eigenvalue weighted by atomic mass is 35.5. The van der Waals surface area contributed by atoms with Crippen molar-refractivity contribution in [1.82, 2.24) is 4.98 Å². The molecule has 0 bridgehead atoms. The van der Waals surface area contributed by atoms with Crippen LogP contribution in [0.2, 0.25) is 10.0 Å². The van der Waals surface area contributed by atoms with Gasteiger partial charge in [-0.3, -0.25) is 24.3 Å². The van der Waals surface area contributed by atoms with E-state index in [1.54, 1.807) is 42.5 Å². The second-order valence-electron chi connectivity index (χ2n) is 7.62. The van der Waals surface area contributed by atoms with Crippen LogP contribution in [0.3, 0.4) is 0 Å². The average Bonchev–Trinajstić information content (AvgIpc) is 3.09. The molecule has 2 heterocycles. The summed E-state index contributed by atoms with van der Waals surface area (Å²) in [5, 5.41) is 14.3. The monoisotopic (exact) mass is 511 g/mol. The number of Topliss-reactive ketones (excluding diaryl/α,β-unsaturated/α-hetero) is 1. The summed E-state index contributed by atoms with van der Waals surface area (Å²) in [6.07, 6.45) is 1.52. The molecule has 4 rings (SSSR count). The van der Waals surface area contributed by atoms with Gasteiger partial charge in [0.15, 0.2) is 0 Å². The molecule has 1 aromatic heterocycles. The summed E-state index contributed by atoms with van der Waals surface area (Å²) < 4.78 is 5.33. The van der Waals surface area contributed by atoms with Gasteiger partial charge < -0.3 is 15.2 Å². The number of hydrogen-bond acceptors (Lipinski definition) is 6. The Kier molecular flexibility index (Phi) is 6.77. The predicted octanol–water partition coefficient (Wildman–Crippen LogP) is 4.98. The van der Waals surface area contributed by atoms with Crippen molar-refractivity contribution >= 4 is 57.9 Å². The van der Waals surface area contributed by atoms with Crippen molar-refractivity contribution in [3.8, 4) is 5.75 Å². The summed E-state index contributed by atoms with van der Waals surface area (Å²) in [4.78, 5) is 43.4. The third-order valence-electron chi connectivity index (χ3n) is 5.35. The Bertz CT molecular complexity index is 1360. The number of nitrogens with zero attached hydrogens (tertiary/aromatic N) is 2. The van der Waals surface area contributed by atoms with Crippen LogP contribution in [-0.2, 0) is 14.4 Å². The highest BCUT2D eigenvalue weighted by Crippen LogP contribution is 2.44. The van der Waals surface area contributed by atoms with E-state index in [0.29, 0.717) is 17.1 Å². The Morgan fingerprint density at radius 3 is 2.43 bits per heavy atom. The number of anilines is 2. The number of rotatable bonds is 5. The van der Waals surface area contributed by atoms with Crippen molar-refractivity contribution in [2.75, 3.05) is 17.3 Å². The van der Waals surface area contributed by atoms with Crippen LogP contribution in [0.1, 0.15) is 24.2 Å². The molecule has 1 saturated heterocycles. The second kappa shape index (κ2) is 9.77. The third-order valence-corrected chi connectivity index (χ3v) is 5.84. The zero-order chi connectivity index (χ0) is 25.3. The standard InChI is InChI=1S/C25H19Cl2N3O5/c1-13(31)29-15-6-8-16(9-7-15)30-21(19-5-3-4-10-28-19)20(23(33)25(30)34)22(32)17-11-14(26)12-18(27)24(17)35-2/h3-12,21,32H,1-2H3,(H,29,31)/b22-20+. The maximum Gasteiger partial charge on any atom is 0.300 e. The molecule has 1 aliphatic heterocycles. The minimum Gasteiger partial charge on any atom is -0.507 e. The van der Waals surface area contributed by atoms with E-state index in [4.69, 9.17) is 27.9 Å². The molecule has 10 heteroatoms. The molecule has 0 radical (unpaired) electrons. The van der Waals surface area contributed by atoms with E-state index in [2.05, 4.69) is 10.3 Å². The number of ketones is 1. The van der Waals surface area contributed by atoms with Gasteiger partial charge in [-0.2, -0.15) is 0 Å². The van der Waals surface area contributed by atoms with Gasteiger partial charge in [0.2, 0.25) is 5.91 Å². The molecule has 3 aromatic rings. The summed E-state index contributed by atoms with van der Waals surface area (Å²) >= 11 is 12.4. The maximum absolute atomic E-state index is 13.3. The molecular weight excluding hydrogens is 493 g/mol. The number of halogens is 2. The molecular formula is C25H19Cl2N3O5. The SMILES string of the molecule is COc1c(Cl)cc(Cl)cc1/C(O)=C1\C(=O)C(=O)N(c2ccc(NC(C)=O)cc2)C1c1ccccn1. The molecule has 1 atom stereocenters. The Hall–Kier alpha value is -3.88. The first-order valence-corrected chi connectivity index (χ1v) is 11.1. The highest BCUT2D eigenvalue weighted by molar-refractivity contribution is 6.51. The van der Waals surface area contributed by atoms with Gasteiger partial charge in [-0.15, -0.1) is 0 Å². The van der Waals surface area contributed by atoms with Crippen molar-refractivity contribution in [2.45, 2.75) is 13.0 Å². The number of hydrogen-bond donors (Lipinski definition) is 2.